The van der Waals surface area contributed by atoms with Crippen molar-refractivity contribution < 1.29 is 9.90 Å². The average molecular weight is 443 g/mol. The average Bonchev–Trinajstić information content (AvgIpc) is 2.67. The van der Waals surface area contributed by atoms with Gasteiger partial charge >= 0.3 is 0 Å². The highest BCUT2D eigenvalue weighted by molar-refractivity contribution is 5.85. The third kappa shape index (κ3) is 6.46. The molecule has 0 heterocycles. The van der Waals surface area contributed by atoms with Crippen molar-refractivity contribution in [2.45, 2.75) is 125 Å². The molecule has 2 rings (SSSR count). The van der Waals surface area contributed by atoms with Gasteiger partial charge in [0.15, 0.2) is 0 Å². The number of ketones is 1. The molecular formula is C30H50O2. The van der Waals surface area contributed by atoms with Crippen LogP contribution in [0, 0.1) is 22.7 Å². The molecule has 182 valence electrons. The highest BCUT2D eigenvalue weighted by atomic mass is 16.3. The van der Waals surface area contributed by atoms with Crippen LogP contribution in [0.3, 0.4) is 0 Å². The van der Waals surface area contributed by atoms with Crippen LogP contribution in [0.25, 0.3) is 0 Å². The Morgan fingerprint density at radius 3 is 2.06 bits per heavy atom. The second-order valence-electron chi connectivity index (χ2n) is 12.2. The quantitative estimate of drug-likeness (QED) is 0.364. The molecule has 0 radical (unpaired) electrons. The predicted molar refractivity (Wildman–Crippen MR) is 138 cm³/mol. The number of hydrogen-bond acceptors (Lipinski definition) is 2. The van der Waals surface area contributed by atoms with E-state index < -0.39 is 5.60 Å². The SMILES string of the molecule is CC(C)=CCC/C(C)=C/CC/C(C)=C/CC[C@@H]1[C@@]2(C)CCC(=O)C(C)(C)[C@H]2CC[C@@]1(C)O. The molecule has 4 atom stereocenters. The van der Waals surface area contributed by atoms with Crippen molar-refractivity contribution in [1.82, 2.24) is 0 Å². The van der Waals surface area contributed by atoms with Crippen molar-refractivity contribution in [1.29, 1.82) is 0 Å². The number of hydrogen-bond donors (Lipinski definition) is 1. The van der Waals surface area contributed by atoms with Crippen LogP contribution in [0.5, 0.6) is 0 Å². The Labute approximate surface area is 198 Å². The zero-order valence-electron chi connectivity index (χ0n) is 22.3. The van der Waals surface area contributed by atoms with Crippen LogP contribution in [0.15, 0.2) is 34.9 Å². The molecule has 2 nitrogen and oxygen atoms in total. The largest absolute Gasteiger partial charge is 0.390 e. The zero-order chi connectivity index (χ0) is 24.2. The standard InChI is InChI=1S/C30H50O2/c1-22(2)12-9-13-23(3)14-10-15-24(4)16-11-17-26-29(7)20-19-27(31)28(5,6)25(29)18-21-30(26,8)32/h12,14,16,25-26,32H,9-11,13,15,17-21H2,1-8H3/b23-14+,24-16+/t25-,26-,29+,30-/m1/s1. The number of fused-ring (bicyclic) bond motifs is 1. The predicted octanol–water partition coefficient (Wildman–Crippen LogP) is 8.36. The van der Waals surface area contributed by atoms with Crippen LogP contribution in [0.1, 0.15) is 120 Å². The van der Waals surface area contributed by atoms with Gasteiger partial charge < -0.3 is 5.11 Å². The molecule has 0 aromatic heterocycles. The molecule has 0 spiro atoms. The fraction of sp³-hybridized carbons (Fsp3) is 0.767. The van der Waals surface area contributed by atoms with E-state index in [1.54, 1.807) is 0 Å². The van der Waals surface area contributed by atoms with Gasteiger partial charge in [0.2, 0.25) is 0 Å². The van der Waals surface area contributed by atoms with Gasteiger partial charge in [-0.15, -0.1) is 0 Å². The summed E-state index contributed by atoms with van der Waals surface area (Å²) in [5.74, 6) is 1.05. The summed E-state index contributed by atoms with van der Waals surface area (Å²) in [5.41, 5.74) is 3.50. The maximum absolute atomic E-state index is 12.6. The van der Waals surface area contributed by atoms with Gasteiger partial charge in [-0.3, -0.25) is 4.79 Å². The van der Waals surface area contributed by atoms with Gasteiger partial charge in [0, 0.05) is 11.8 Å². The second-order valence-corrected chi connectivity index (χ2v) is 12.2. The lowest BCUT2D eigenvalue weighted by Crippen LogP contribution is -2.59. The number of Topliss-reactive ketones (excluding diaryl/α,β-unsaturated/α-hetero) is 1. The molecule has 0 bridgehead atoms. The summed E-state index contributed by atoms with van der Waals surface area (Å²) in [6, 6.07) is 0. The minimum atomic E-state index is -0.630. The van der Waals surface area contributed by atoms with E-state index in [2.05, 4.69) is 66.7 Å². The van der Waals surface area contributed by atoms with Crippen molar-refractivity contribution >= 4 is 5.78 Å². The van der Waals surface area contributed by atoms with Gasteiger partial charge in [-0.2, -0.15) is 0 Å². The highest BCUT2D eigenvalue weighted by Crippen LogP contribution is 2.62. The summed E-state index contributed by atoms with van der Waals surface area (Å²) in [6.45, 7) is 17.5. The summed E-state index contributed by atoms with van der Waals surface area (Å²) < 4.78 is 0. The van der Waals surface area contributed by atoms with E-state index in [1.807, 2.05) is 6.92 Å². The normalized spacial score (nSPS) is 33.1. The van der Waals surface area contributed by atoms with Gasteiger partial charge in [0.05, 0.1) is 5.60 Å². The van der Waals surface area contributed by atoms with Crippen molar-refractivity contribution in [2.75, 3.05) is 0 Å². The molecule has 0 saturated heterocycles. The lowest BCUT2D eigenvalue weighted by Gasteiger charge is -2.60. The Morgan fingerprint density at radius 2 is 1.47 bits per heavy atom. The molecule has 0 amide bonds. The van der Waals surface area contributed by atoms with Crippen molar-refractivity contribution in [3.8, 4) is 0 Å². The van der Waals surface area contributed by atoms with Crippen molar-refractivity contribution in [3.63, 3.8) is 0 Å². The van der Waals surface area contributed by atoms with Gasteiger partial charge in [-0.05, 0) is 110 Å². The Kier molecular flexibility index (Phi) is 9.19. The second kappa shape index (κ2) is 10.9. The van der Waals surface area contributed by atoms with Crippen LogP contribution in [0.4, 0.5) is 0 Å². The number of rotatable bonds is 9. The first-order valence-corrected chi connectivity index (χ1v) is 13.0. The third-order valence-corrected chi connectivity index (χ3v) is 8.83. The molecule has 1 N–H and O–H groups in total. The maximum atomic E-state index is 12.6. The molecule has 0 aromatic carbocycles. The summed E-state index contributed by atoms with van der Waals surface area (Å²) in [6.07, 6.45) is 17.0. The smallest absolute Gasteiger partial charge is 0.138 e. The third-order valence-electron chi connectivity index (χ3n) is 8.83. The molecular weight excluding hydrogens is 392 g/mol. The van der Waals surface area contributed by atoms with Crippen LogP contribution in [0.2, 0.25) is 0 Å². The Balaban J connectivity index is 1.95. The van der Waals surface area contributed by atoms with E-state index in [0.717, 1.165) is 57.8 Å². The molecule has 0 unspecified atom stereocenters. The van der Waals surface area contributed by atoms with E-state index >= 15 is 0 Å². The Morgan fingerprint density at radius 1 is 0.906 bits per heavy atom. The molecule has 0 aliphatic heterocycles. The molecule has 2 fully saturated rings. The molecule has 2 saturated carbocycles. The molecule has 2 aliphatic rings. The molecule has 32 heavy (non-hydrogen) atoms. The topological polar surface area (TPSA) is 37.3 Å². The number of carbonyl (C=O) groups is 1. The summed E-state index contributed by atoms with van der Waals surface area (Å²) >= 11 is 0. The van der Waals surface area contributed by atoms with E-state index in [9.17, 15) is 9.90 Å². The van der Waals surface area contributed by atoms with Crippen LogP contribution >= 0.6 is 0 Å². The number of allylic oxidation sites excluding steroid dienone is 6. The Hall–Kier alpha value is -1.15. The Bertz CT molecular complexity index is 745. The first-order valence-electron chi connectivity index (χ1n) is 13.0. The van der Waals surface area contributed by atoms with E-state index in [-0.39, 0.29) is 16.7 Å². The van der Waals surface area contributed by atoms with Crippen molar-refractivity contribution in [2.24, 2.45) is 22.7 Å². The maximum Gasteiger partial charge on any atom is 0.138 e. The zero-order valence-corrected chi connectivity index (χ0v) is 22.3. The molecule has 0 aromatic rings. The first-order chi connectivity index (χ1) is 14.8. The summed E-state index contributed by atoms with van der Waals surface area (Å²) in [4.78, 5) is 12.6. The molecule has 2 heteroatoms. The summed E-state index contributed by atoms with van der Waals surface area (Å²) in [7, 11) is 0. The fourth-order valence-corrected chi connectivity index (χ4v) is 6.80. The highest BCUT2D eigenvalue weighted by Gasteiger charge is 2.59. The van der Waals surface area contributed by atoms with E-state index in [4.69, 9.17) is 0 Å². The first kappa shape index (κ1) is 27.1. The fourth-order valence-electron chi connectivity index (χ4n) is 6.80. The van der Waals surface area contributed by atoms with Gasteiger partial charge in [-0.1, -0.05) is 55.7 Å². The van der Waals surface area contributed by atoms with Crippen LogP contribution in [-0.2, 0) is 4.79 Å². The summed E-state index contributed by atoms with van der Waals surface area (Å²) in [5, 5.41) is 11.3. The monoisotopic (exact) mass is 442 g/mol. The van der Waals surface area contributed by atoms with E-state index in [1.165, 1.54) is 16.7 Å². The molecule has 2 aliphatic carbocycles. The van der Waals surface area contributed by atoms with Crippen molar-refractivity contribution in [3.05, 3.63) is 34.9 Å². The van der Waals surface area contributed by atoms with Crippen LogP contribution < -0.4 is 0 Å². The van der Waals surface area contributed by atoms with E-state index in [0.29, 0.717) is 18.1 Å². The van der Waals surface area contributed by atoms with Gasteiger partial charge in [0.1, 0.15) is 5.78 Å². The lowest BCUT2D eigenvalue weighted by atomic mass is 9.45. The lowest BCUT2D eigenvalue weighted by molar-refractivity contribution is -0.177. The van der Waals surface area contributed by atoms with Gasteiger partial charge in [-0.25, -0.2) is 0 Å². The number of carbonyl (C=O) groups excluding carboxylic acids is 1. The minimum absolute atomic E-state index is 0.0477. The van der Waals surface area contributed by atoms with Gasteiger partial charge in [0.25, 0.3) is 0 Å². The minimum Gasteiger partial charge on any atom is -0.390 e. The van der Waals surface area contributed by atoms with Crippen LogP contribution in [-0.4, -0.2) is 16.5 Å². The number of aliphatic hydroxyl groups is 1.